The summed E-state index contributed by atoms with van der Waals surface area (Å²) in [5, 5.41) is 7.91. The van der Waals surface area contributed by atoms with Gasteiger partial charge in [-0.2, -0.15) is 0 Å². The molecule has 2 nitrogen and oxygen atoms in total. The van der Waals surface area contributed by atoms with Crippen LogP contribution in [-0.2, 0) is 0 Å². The van der Waals surface area contributed by atoms with Crippen molar-refractivity contribution in [2.75, 3.05) is 12.4 Å². The van der Waals surface area contributed by atoms with Crippen LogP contribution in [0.4, 0.5) is 5.69 Å². The van der Waals surface area contributed by atoms with E-state index in [0.717, 1.165) is 16.6 Å². The Morgan fingerprint density at radius 1 is 0.947 bits per heavy atom. The van der Waals surface area contributed by atoms with Crippen molar-refractivity contribution in [3.63, 3.8) is 0 Å². The summed E-state index contributed by atoms with van der Waals surface area (Å²) in [4.78, 5) is 11.4. The van der Waals surface area contributed by atoms with Crippen LogP contribution in [-0.4, -0.2) is 12.8 Å². The average molecular weight is 249 g/mol. The normalized spacial score (nSPS) is 10.8. The van der Waals surface area contributed by atoms with Gasteiger partial charge in [0.15, 0.2) is 5.78 Å². The fourth-order valence-electron chi connectivity index (χ4n) is 2.54. The topological polar surface area (TPSA) is 29.1 Å². The predicted octanol–water partition coefficient (Wildman–Crippen LogP) is 4.24. The lowest BCUT2D eigenvalue weighted by atomic mass is 9.98. The zero-order valence-corrected chi connectivity index (χ0v) is 11.0. The number of carbonyl (C=O) groups is 1. The smallest absolute Gasteiger partial charge is 0.159 e. The largest absolute Gasteiger partial charge is 0.388 e. The minimum absolute atomic E-state index is 0.103. The van der Waals surface area contributed by atoms with Crippen LogP contribution in [0.5, 0.6) is 0 Å². The van der Waals surface area contributed by atoms with E-state index in [1.807, 2.05) is 31.3 Å². The Bertz CT molecular complexity index is 790. The highest BCUT2D eigenvalue weighted by atomic mass is 16.1. The molecule has 2 heteroatoms. The number of hydrogen-bond acceptors (Lipinski definition) is 2. The van der Waals surface area contributed by atoms with E-state index in [1.165, 1.54) is 16.2 Å². The van der Waals surface area contributed by atoms with E-state index in [1.54, 1.807) is 6.92 Å². The molecule has 0 saturated carbocycles. The van der Waals surface area contributed by atoms with Gasteiger partial charge in [0.05, 0.1) is 0 Å². The van der Waals surface area contributed by atoms with Gasteiger partial charge in [-0.15, -0.1) is 0 Å². The Labute approximate surface area is 112 Å². The highest BCUT2D eigenvalue weighted by Gasteiger charge is 2.06. The molecule has 94 valence electrons. The predicted molar refractivity (Wildman–Crippen MR) is 81.0 cm³/mol. The summed E-state index contributed by atoms with van der Waals surface area (Å²) >= 11 is 0. The van der Waals surface area contributed by atoms with Crippen molar-refractivity contribution in [2.24, 2.45) is 0 Å². The van der Waals surface area contributed by atoms with E-state index in [2.05, 4.69) is 29.6 Å². The number of carbonyl (C=O) groups excluding carboxylic acids is 1. The van der Waals surface area contributed by atoms with Gasteiger partial charge >= 0.3 is 0 Å². The first-order valence-corrected chi connectivity index (χ1v) is 6.35. The van der Waals surface area contributed by atoms with E-state index in [9.17, 15) is 4.79 Å². The molecule has 0 radical (unpaired) electrons. The maximum Gasteiger partial charge on any atom is 0.159 e. The number of rotatable bonds is 2. The Morgan fingerprint density at radius 2 is 1.74 bits per heavy atom. The van der Waals surface area contributed by atoms with Crippen molar-refractivity contribution in [1.29, 1.82) is 0 Å². The summed E-state index contributed by atoms with van der Waals surface area (Å²) < 4.78 is 0. The van der Waals surface area contributed by atoms with Crippen LogP contribution in [0.1, 0.15) is 17.3 Å². The van der Waals surface area contributed by atoms with Gasteiger partial charge in [-0.25, -0.2) is 0 Å². The molecule has 0 spiro atoms. The maximum atomic E-state index is 11.4. The molecule has 0 aliphatic rings. The summed E-state index contributed by atoms with van der Waals surface area (Å²) in [7, 11) is 1.93. The van der Waals surface area contributed by atoms with E-state index in [4.69, 9.17) is 0 Å². The minimum Gasteiger partial charge on any atom is -0.388 e. The van der Waals surface area contributed by atoms with Gasteiger partial charge in [0, 0.05) is 23.7 Å². The van der Waals surface area contributed by atoms with E-state index >= 15 is 0 Å². The minimum atomic E-state index is 0.103. The Hall–Kier alpha value is -2.35. The number of nitrogens with one attached hydrogen (secondary N) is 1. The third-order valence-corrected chi connectivity index (χ3v) is 3.55. The second-order valence-corrected chi connectivity index (χ2v) is 4.71. The van der Waals surface area contributed by atoms with Crippen molar-refractivity contribution < 1.29 is 4.79 Å². The first kappa shape index (κ1) is 11.7. The Morgan fingerprint density at radius 3 is 2.47 bits per heavy atom. The fourth-order valence-corrected chi connectivity index (χ4v) is 2.54. The lowest BCUT2D eigenvalue weighted by Gasteiger charge is -2.09. The molecule has 1 N–H and O–H groups in total. The number of Topliss-reactive ketones (excluding diaryl/α,β-unsaturated/α-hetero) is 1. The lowest BCUT2D eigenvalue weighted by Crippen LogP contribution is -1.92. The lowest BCUT2D eigenvalue weighted by molar-refractivity contribution is 0.101. The summed E-state index contributed by atoms with van der Waals surface area (Å²) in [6.07, 6.45) is 0. The molecule has 3 aromatic rings. The average Bonchev–Trinajstić information content (AvgIpc) is 2.45. The van der Waals surface area contributed by atoms with Crippen LogP contribution in [0.3, 0.4) is 0 Å². The standard InChI is InChI=1S/C17H15NO/c1-11(19)12-6-8-14-13(10-12)7-9-16-15(14)4-3-5-17(16)18-2/h3-10,18H,1-2H3. The molecular formula is C17H15NO. The molecule has 0 fully saturated rings. The van der Waals surface area contributed by atoms with Gasteiger partial charge in [-0.05, 0) is 35.2 Å². The van der Waals surface area contributed by atoms with E-state index in [-0.39, 0.29) is 5.78 Å². The second-order valence-electron chi connectivity index (χ2n) is 4.71. The second kappa shape index (κ2) is 4.39. The first-order valence-electron chi connectivity index (χ1n) is 6.35. The molecule has 0 unspecified atom stereocenters. The van der Waals surface area contributed by atoms with Crippen molar-refractivity contribution in [1.82, 2.24) is 0 Å². The van der Waals surface area contributed by atoms with Crippen molar-refractivity contribution >= 4 is 33.0 Å². The molecule has 0 aliphatic heterocycles. The van der Waals surface area contributed by atoms with Crippen LogP contribution in [0.15, 0.2) is 48.5 Å². The number of benzene rings is 3. The quantitative estimate of drug-likeness (QED) is 0.543. The van der Waals surface area contributed by atoms with Crippen LogP contribution in [0.2, 0.25) is 0 Å². The molecule has 0 amide bonds. The van der Waals surface area contributed by atoms with Crippen LogP contribution in [0.25, 0.3) is 21.5 Å². The van der Waals surface area contributed by atoms with Crippen molar-refractivity contribution in [3.8, 4) is 0 Å². The fraction of sp³-hybridized carbons (Fsp3) is 0.118. The van der Waals surface area contributed by atoms with Crippen LogP contribution in [0, 0.1) is 0 Å². The molecule has 0 saturated heterocycles. The van der Waals surface area contributed by atoms with Gasteiger partial charge in [0.2, 0.25) is 0 Å². The van der Waals surface area contributed by atoms with Crippen molar-refractivity contribution in [3.05, 3.63) is 54.1 Å². The maximum absolute atomic E-state index is 11.4. The molecule has 0 aliphatic carbocycles. The zero-order chi connectivity index (χ0) is 13.4. The highest BCUT2D eigenvalue weighted by molar-refractivity contribution is 6.12. The molecule has 19 heavy (non-hydrogen) atoms. The van der Waals surface area contributed by atoms with Crippen LogP contribution < -0.4 is 5.32 Å². The summed E-state index contributed by atoms with van der Waals surface area (Å²) in [5.74, 6) is 0.103. The number of anilines is 1. The third kappa shape index (κ3) is 1.85. The Balaban J connectivity index is 2.38. The highest BCUT2D eigenvalue weighted by Crippen LogP contribution is 2.30. The summed E-state index contributed by atoms with van der Waals surface area (Å²) in [5.41, 5.74) is 1.88. The van der Waals surface area contributed by atoms with Crippen LogP contribution >= 0.6 is 0 Å². The summed E-state index contributed by atoms with van der Waals surface area (Å²) in [6.45, 7) is 1.60. The number of hydrogen-bond donors (Lipinski definition) is 1. The number of ketones is 1. The third-order valence-electron chi connectivity index (χ3n) is 3.55. The van der Waals surface area contributed by atoms with Gasteiger partial charge in [-0.3, -0.25) is 4.79 Å². The SMILES string of the molecule is CNc1cccc2c1ccc1cc(C(C)=O)ccc12. The van der Waals surface area contributed by atoms with Crippen molar-refractivity contribution in [2.45, 2.75) is 6.92 Å². The van der Waals surface area contributed by atoms with Gasteiger partial charge in [-0.1, -0.05) is 36.4 Å². The van der Waals surface area contributed by atoms with Gasteiger partial charge in [0.25, 0.3) is 0 Å². The first-order chi connectivity index (χ1) is 9.20. The summed E-state index contributed by atoms with van der Waals surface area (Å²) in [6, 6.07) is 16.3. The molecule has 3 rings (SSSR count). The van der Waals surface area contributed by atoms with Gasteiger partial charge in [0.1, 0.15) is 0 Å². The van der Waals surface area contributed by atoms with E-state index in [0.29, 0.717) is 0 Å². The Kier molecular flexibility index (Phi) is 2.71. The zero-order valence-electron chi connectivity index (χ0n) is 11.0. The molecule has 0 aromatic heterocycles. The number of fused-ring (bicyclic) bond motifs is 3. The molecule has 0 bridgehead atoms. The monoisotopic (exact) mass is 249 g/mol. The van der Waals surface area contributed by atoms with Gasteiger partial charge < -0.3 is 5.32 Å². The molecule has 3 aromatic carbocycles. The molecule has 0 atom stereocenters. The molecule has 0 heterocycles. The van der Waals surface area contributed by atoms with E-state index < -0.39 is 0 Å². The molecular weight excluding hydrogens is 234 g/mol.